The van der Waals surface area contributed by atoms with Gasteiger partial charge in [0, 0.05) is 12.6 Å². The molecule has 1 unspecified atom stereocenters. The standard InChI is InChI=1S/C11H16N2OS/c1-3-9-5-4-6-13(9)11-12-8(2)10(7-14)15-11/h7,9H,3-6H2,1-2H3. The second-order valence-electron chi connectivity index (χ2n) is 3.96. The van der Waals surface area contributed by atoms with Crippen LogP contribution in [-0.4, -0.2) is 23.9 Å². The molecule has 3 nitrogen and oxygen atoms in total. The molecule has 15 heavy (non-hydrogen) atoms. The molecule has 0 saturated carbocycles. The number of thiazole rings is 1. The third-order valence-electron chi connectivity index (χ3n) is 3.02. The quantitative estimate of drug-likeness (QED) is 0.740. The first-order valence-corrected chi connectivity index (χ1v) is 6.27. The predicted molar refractivity (Wildman–Crippen MR) is 62.9 cm³/mol. The highest BCUT2D eigenvalue weighted by atomic mass is 32.1. The van der Waals surface area contributed by atoms with E-state index < -0.39 is 0 Å². The molecule has 1 aromatic rings. The van der Waals surface area contributed by atoms with Crippen molar-refractivity contribution in [1.82, 2.24) is 4.98 Å². The molecule has 4 heteroatoms. The molecule has 0 spiro atoms. The summed E-state index contributed by atoms with van der Waals surface area (Å²) in [6, 6.07) is 0.620. The fourth-order valence-electron chi connectivity index (χ4n) is 2.14. The van der Waals surface area contributed by atoms with Crippen molar-refractivity contribution < 1.29 is 4.79 Å². The first kappa shape index (κ1) is 10.6. The average Bonchev–Trinajstić information content (AvgIpc) is 2.82. The largest absolute Gasteiger partial charge is 0.345 e. The van der Waals surface area contributed by atoms with E-state index in [9.17, 15) is 4.79 Å². The zero-order valence-electron chi connectivity index (χ0n) is 9.19. The second kappa shape index (κ2) is 4.31. The van der Waals surface area contributed by atoms with E-state index in [-0.39, 0.29) is 0 Å². The Bertz CT molecular complexity index is 361. The summed E-state index contributed by atoms with van der Waals surface area (Å²) < 4.78 is 0. The van der Waals surface area contributed by atoms with E-state index in [0.29, 0.717) is 6.04 Å². The van der Waals surface area contributed by atoms with Gasteiger partial charge in [-0.05, 0) is 26.2 Å². The lowest BCUT2D eigenvalue weighted by Crippen LogP contribution is -2.28. The topological polar surface area (TPSA) is 33.2 Å². The SMILES string of the molecule is CCC1CCCN1c1nc(C)c(C=O)s1. The minimum absolute atomic E-state index is 0.620. The average molecular weight is 224 g/mol. The van der Waals surface area contributed by atoms with Crippen LogP contribution in [0, 0.1) is 6.92 Å². The number of anilines is 1. The van der Waals surface area contributed by atoms with Crippen molar-refractivity contribution in [2.75, 3.05) is 11.4 Å². The maximum atomic E-state index is 10.8. The Labute approximate surface area is 94.1 Å². The van der Waals surface area contributed by atoms with Crippen LogP contribution in [0.15, 0.2) is 0 Å². The lowest BCUT2D eigenvalue weighted by molar-refractivity contribution is 0.112. The molecule has 2 rings (SSSR count). The maximum absolute atomic E-state index is 10.8. The number of hydrogen-bond donors (Lipinski definition) is 0. The zero-order valence-corrected chi connectivity index (χ0v) is 10.0. The third-order valence-corrected chi connectivity index (χ3v) is 4.14. The highest BCUT2D eigenvalue weighted by Gasteiger charge is 2.25. The fourth-order valence-corrected chi connectivity index (χ4v) is 3.12. The van der Waals surface area contributed by atoms with Crippen LogP contribution in [0.3, 0.4) is 0 Å². The van der Waals surface area contributed by atoms with Gasteiger partial charge in [-0.3, -0.25) is 4.79 Å². The van der Waals surface area contributed by atoms with Crippen molar-refractivity contribution in [3.63, 3.8) is 0 Å². The zero-order chi connectivity index (χ0) is 10.8. The van der Waals surface area contributed by atoms with Crippen LogP contribution in [0.2, 0.25) is 0 Å². The number of carbonyl (C=O) groups is 1. The molecule has 0 aromatic carbocycles. The van der Waals surface area contributed by atoms with E-state index in [1.807, 2.05) is 6.92 Å². The van der Waals surface area contributed by atoms with Gasteiger partial charge in [0.2, 0.25) is 0 Å². The van der Waals surface area contributed by atoms with Gasteiger partial charge in [-0.25, -0.2) is 4.98 Å². The minimum Gasteiger partial charge on any atom is -0.345 e. The van der Waals surface area contributed by atoms with Crippen LogP contribution in [0.1, 0.15) is 41.6 Å². The number of hydrogen-bond acceptors (Lipinski definition) is 4. The molecule has 0 amide bonds. The maximum Gasteiger partial charge on any atom is 0.186 e. The summed E-state index contributed by atoms with van der Waals surface area (Å²) in [5, 5.41) is 1.03. The number of nitrogens with zero attached hydrogens (tertiary/aromatic N) is 2. The van der Waals surface area contributed by atoms with Crippen molar-refractivity contribution >= 4 is 22.8 Å². The summed E-state index contributed by atoms with van der Waals surface area (Å²) in [5.41, 5.74) is 0.867. The Kier molecular flexibility index (Phi) is 3.05. The van der Waals surface area contributed by atoms with Gasteiger partial charge in [0.1, 0.15) is 0 Å². The fraction of sp³-hybridized carbons (Fsp3) is 0.636. The normalized spacial score (nSPS) is 20.9. The molecule has 1 aromatic heterocycles. The monoisotopic (exact) mass is 224 g/mol. The first-order chi connectivity index (χ1) is 7.26. The van der Waals surface area contributed by atoms with Crippen molar-refractivity contribution in [2.24, 2.45) is 0 Å². The third kappa shape index (κ3) is 1.91. The molecule has 0 aliphatic carbocycles. The van der Waals surface area contributed by atoms with Crippen LogP contribution in [-0.2, 0) is 0 Å². The Morgan fingerprint density at radius 1 is 1.67 bits per heavy atom. The Morgan fingerprint density at radius 3 is 3.07 bits per heavy atom. The molecule has 1 fully saturated rings. The van der Waals surface area contributed by atoms with E-state index in [1.54, 1.807) is 0 Å². The van der Waals surface area contributed by atoms with Crippen LogP contribution >= 0.6 is 11.3 Å². The Hall–Kier alpha value is -0.900. The van der Waals surface area contributed by atoms with Crippen LogP contribution in [0.5, 0.6) is 0 Å². The van der Waals surface area contributed by atoms with E-state index in [4.69, 9.17) is 0 Å². The molecule has 2 heterocycles. The van der Waals surface area contributed by atoms with Crippen LogP contribution in [0.4, 0.5) is 5.13 Å². The Balaban J connectivity index is 2.24. The molecule has 0 N–H and O–H groups in total. The van der Waals surface area contributed by atoms with Crippen molar-refractivity contribution in [2.45, 2.75) is 39.2 Å². The van der Waals surface area contributed by atoms with Gasteiger partial charge in [-0.1, -0.05) is 18.3 Å². The molecule has 0 bridgehead atoms. The summed E-state index contributed by atoms with van der Waals surface area (Å²) in [4.78, 5) is 18.4. The molecule has 82 valence electrons. The summed E-state index contributed by atoms with van der Waals surface area (Å²) in [6.45, 7) is 5.20. The molecule has 1 atom stereocenters. The summed E-state index contributed by atoms with van der Waals surface area (Å²) in [6.07, 6.45) is 4.57. The smallest absolute Gasteiger partial charge is 0.186 e. The lowest BCUT2D eigenvalue weighted by Gasteiger charge is -2.22. The van der Waals surface area contributed by atoms with Gasteiger partial charge in [-0.15, -0.1) is 0 Å². The highest BCUT2D eigenvalue weighted by Crippen LogP contribution is 2.31. The van der Waals surface area contributed by atoms with Gasteiger partial charge < -0.3 is 4.90 Å². The van der Waals surface area contributed by atoms with Gasteiger partial charge in [0.25, 0.3) is 0 Å². The van der Waals surface area contributed by atoms with E-state index in [2.05, 4.69) is 16.8 Å². The van der Waals surface area contributed by atoms with Crippen molar-refractivity contribution in [1.29, 1.82) is 0 Å². The van der Waals surface area contributed by atoms with Gasteiger partial charge >= 0.3 is 0 Å². The van der Waals surface area contributed by atoms with Crippen LogP contribution in [0.25, 0.3) is 0 Å². The van der Waals surface area contributed by atoms with Gasteiger partial charge in [-0.2, -0.15) is 0 Å². The summed E-state index contributed by atoms with van der Waals surface area (Å²) in [7, 11) is 0. The molecule has 1 aliphatic rings. The Morgan fingerprint density at radius 2 is 2.47 bits per heavy atom. The number of aldehydes is 1. The van der Waals surface area contributed by atoms with Crippen molar-refractivity contribution in [3.05, 3.63) is 10.6 Å². The van der Waals surface area contributed by atoms with E-state index in [0.717, 1.165) is 35.0 Å². The second-order valence-corrected chi connectivity index (χ2v) is 4.97. The van der Waals surface area contributed by atoms with E-state index >= 15 is 0 Å². The van der Waals surface area contributed by atoms with E-state index in [1.165, 1.54) is 24.2 Å². The lowest BCUT2D eigenvalue weighted by atomic mass is 10.2. The van der Waals surface area contributed by atoms with Gasteiger partial charge in [0.15, 0.2) is 11.4 Å². The van der Waals surface area contributed by atoms with Gasteiger partial charge in [0.05, 0.1) is 10.6 Å². The molecule has 0 radical (unpaired) electrons. The summed E-state index contributed by atoms with van der Waals surface area (Å²) >= 11 is 1.52. The number of aromatic nitrogens is 1. The number of rotatable bonds is 3. The number of carbonyl (C=O) groups excluding carboxylic acids is 1. The van der Waals surface area contributed by atoms with Crippen molar-refractivity contribution in [3.8, 4) is 0 Å². The first-order valence-electron chi connectivity index (χ1n) is 5.45. The predicted octanol–water partition coefficient (Wildman–Crippen LogP) is 2.64. The van der Waals surface area contributed by atoms with Crippen LogP contribution < -0.4 is 4.90 Å². The number of aryl methyl sites for hydroxylation is 1. The molecular formula is C11H16N2OS. The summed E-state index contributed by atoms with van der Waals surface area (Å²) in [5.74, 6) is 0. The molecule has 1 saturated heterocycles. The molecule has 1 aliphatic heterocycles. The highest BCUT2D eigenvalue weighted by molar-refractivity contribution is 7.17. The molecular weight excluding hydrogens is 208 g/mol. The minimum atomic E-state index is 0.620.